The van der Waals surface area contributed by atoms with E-state index in [-0.39, 0.29) is 17.5 Å². The number of rotatable bonds is 8. The molecule has 0 aliphatic rings. The van der Waals surface area contributed by atoms with Crippen molar-refractivity contribution in [2.24, 2.45) is 5.10 Å². The standard InChI is InChI=1S/C16H16N6O3S/c1-24-12-5-2-4-11(8-12)14(23)10-26-16-21-20-15(22(16)17)19-18-9-13-6-3-7-25-13/h2-9H,10,17H2,1H3,(H,19,20)/b18-9+. The van der Waals surface area contributed by atoms with Gasteiger partial charge in [-0.1, -0.05) is 23.9 Å². The molecule has 0 saturated heterocycles. The summed E-state index contributed by atoms with van der Waals surface area (Å²) >= 11 is 1.18. The van der Waals surface area contributed by atoms with Gasteiger partial charge in [-0.15, -0.1) is 10.2 Å². The number of hydrazone groups is 1. The number of nitrogen functional groups attached to an aromatic ring is 1. The number of ether oxygens (including phenoxy) is 1. The molecular weight excluding hydrogens is 356 g/mol. The van der Waals surface area contributed by atoms with Gasteiger partial charge in [0.15, 0.2) is 5.78 Å². The van der Waals surface area contributed by atoms with E-state index in [0.717, 1.165) is 0 Å². The van der Waals surface area contributed by atoms with E-state index < -0.39 is 0 Å². The van der Waals surface area contributed by atoms with Crippen LogP contribution in [0.15, 0.2) is 57.3 Å². The molecule has 26 heavy (non-hydrogen) atoms. The van der Waals surface area contributed by atoms with Crippen molar-refractivity contribution in [3.05, 3.63) is 54.0 Å². The van der Waals surface area contributed by atoms with Crippen LogP contribution in [0, 0.1) is 0 Å². The maximum atomic E-state index is 12.3. The van der Waals surface area contributed by atoms with Crippen LogP contribution in [0.5, 0.6) is 5.75 Å². The van der Waals surface area contributed by atoms with E-state index in [4.69, 9.17) is 15.0 Å². The van der Waals surface area contributed by atoms with Crippen LogP contribution in [0.4, 0.5) is 5.95 Å². The summed E-state index contributed by atoms with van der Waals surface area (Å²) in [6.07, 6.45) is 3.02. The maximum Gasteiger partial charge on any atom is 0.264 e. The molecular formula is C16H16N6O3S. The van der Waals surface area contributed by atoms with Gasteiger partial charge in [0, 0.05) is 5.56 Å². The monoisotopic (exact) mass is 372 g/mol. The quantitative estimate of drug-likeness (QED) is 0.202. The van der Waals surface area contributed by atoms with E-state index in [1.54, 1.807) is 49.8 Å². The molecule has 9 nitrogen and oxygen atoms in total. The SMILES string of the molecule is COc1cccc(C(=O)CSc2nnc(N/N=C/c3ccco3)n2N)c1. The molecule has 0 atom stereocenters. The van der Waals surface area contributed by atoms with Gasteiger partial charge in [0.05, 0.1) is 25.3 Å². The van der Waals surface area contributed by atoms with Crippen LogP contribution in [-0.4, -0.2) is 39.7 Å². The zero-order valence-electron chi connectivity index (χ0n) is 13.8. The van der Waals surface area contributed by atoms with Crippen LogP contribution >= 0.6 is 11.8 Å². The van der Waals surface area contributed by atoms with E-state index in [9.17, 15) is 4.79 Å². The second kappa shape index (κ2) is 8.21. The fourth-order valence-electron chi connectivity index (χ4n) is 1.98. The molecule has 0 spiro atoms. The minimum Gasteiger partial charge on any atom is -0.497 e. The lowest BCUT2D eigenvalue weighted by molar-refractivity contribution is 0.102. The Hall–Kier alpha value is -3.27. The molecule has 1 aromatic carbocycles. The normalized spacial score (nSPS) is 11.0. The molecule has 0 amide bonds. The lowest BCUT2D eigenvalue weighted by atomic mass is 10.1. The lowest BCUT2D eigenvalue weighted by Crippen LogP contribution is -2.14. The fourth-order valence-corrected chi connectivity index (χ4v) is 2.73. The van der Waals surface area contributed by atoms with Crippen molar-refractivity contribution in [3.8, 4) is 5.75 Å². The topological polar surface area (TPSA) is 121 Å². The molecule has 2 aromatic heterocycles. The Labute approximate surface area is 153 Å². The summed E-state index contributed by atoms with van der Waals surface area (Å²) in [4.78, 5) is 12.3. The third-order valence-corrected chi connectivity index (χ3v) is 4.23. The van der Waals surface area contributed by atoms with E-state index in [2.05, 4.69) is 20.7 Å². The summed E-state index contributed by atoms with van der Waals surface area (Å²) < 4.78 is 11.5. The van der Waals surface area contributed by atoms with Crippen molar-refractivity contribution in [2.75, 3.05) is 24.1 Å². The number of hydrogen-bond acceptors (Lipinski definition) is 9. The Balaban J connectivity index is 1.58. The summed E-state index contributed by atoms with van der Waals surface area (Å²) in [5, 5.41) is 12.2. The molecule has 3 N–H and O–H groups in total. The van der Waals surface area contributed by atoms with Crippen LogP contribution in [0.3, 0.4) is 0 Å². The van der Waals surface area contributed by atoms with Gasteiger partial charge >= 0.3 is 0 Å². The van der Waals surface area contributed by atoms with E-state index >= 15 is 0 Å². The van der Waals surface area contributed by atoms with Crippen molar-refractivity contribution in [3.63, 3.8) is 0 Å². The summed E-state index contributed by atoms with van der Waals surface area (Å²) in [7, 11) is 1.55. The van der Waals surface area contributed by atoms with Gasteiger partial charge in [0.25, 0.3) is 5.95 Å². The average Bonchev–Trinajstić information content (AvgIpc) is 3.30. The summed E-state index contributed by atoms with van der Waals surface area (Å²) in [6, 6.07) is 10.5. The Morgan fingerprint density at radius 1 is 1.42 bits per heavy atom. The molecule has 3 aromatic rings. The van der Waals surface area contributed by atoms with Gasteiger partial charge in [0.2, 0.25) is 5.16 Å². The molecule has 134 valence electrons. The number of carbonyl (C=O) groups excluding carboxylic acids is 1. The molecule has 2 heterocycles. The minimum absolute atomic E-state index is 0.0674. The summed E-state index contributed by atoms with van der Waals surface area (Å²) in [5.74, 6) is 7.46. The smallest absolute Gasteiger partial charge is 0.264 e. The molecule has 0 unspecified atom stereocenters. The number of hydrogen-bond donors (Lipinski definition) is 2. The van der Waals surface area contributed by atoms with Crippen molar-refractivity contribution >= 4 is 29.7 Å². The zero-order chi connectivity index (χ0) is 18.4. The van der Waals surface area contributed by atoms with Crippen LogP contribution in [0.25, 0.3) is 0 Å². The lowest BCUT2D eigenvalue weighted by Gasteiger charge is -2.04. The van der Waals surface area contributed by atoms with Gasteiger partial charge in [-0.05, 0) is 24.3 Å². The number of Topliss-reactive ketones (excluding diaryl/α,β-unsaturated/α-hetero) is 1. The third kappa shape index (κ3) is 4.22. The van der Waals surface area contributed by atoms with E-state index in [0.29, 0.717) is 22.2 Å². The Morgan fingerprint density at radius 3 is 3.08 bits per heavy atom. The van der Waals surface area contributed by atoms with Gasteiger partial charge in [-0.3, -0.25) is 4.79 Å². The Bertz CT molecular complexity index is 907. The molecule has 3 rings (SSSR count). The number of furan rings is 1. The number of methoxy groups -OCH3 is 1. The zero-order valence-corrected chi connectivity index (χ0v) is 14.6. The second-order valence-corrected chi connectivity index (χ2v) is 5.95. The highest BCUT2D eigenvalue weighted by Gasteiger charge is 2.13. The van der Waals surface area contributed by atoms with Crippen molar-refractivity contribution in [2.45, 2.75) is 5.16 Å². The fraction of sp³-hybridized carbons (Fsp3) is 0.125. The molecule has 0 bridgehead atoms. The van der Waals surface area contributed by atoms with Crippen LogP contribution in [0.2, 0.25) is 0 Å². The van der Waals surface area contributed by atoms with E-state index in [1.165, 1.54) is 22.7 Å². The number of nitrogens with two attached hydrogens (primary N) is 1. The van der Waals surface area contributed by atoms with E-state index in [1.807, 2.05) is 0 Å². The first-order valence-electron chi connectivity index (χ1n) is 7.50. The summed E-state index contributed by atoms with van der Waals surface area (Å²) in [6.45, 7) is 0. The van der Waals surface area contributed by atoms with Crippen LogP contribution in [-0.2, 0) is 0 Å². The first kappa shape index (κ1) is 17.5. The predicted molar refractivity (Wildman–Crippen MR) is 98.1 cm³/mol. The highest BCUT2D eigenvalue weighted by atomic mass is 32.2. The number of thioether (sulfide) groups is 1. The first-order chi connectivity index (χ1) is 12.7. The highest BCUT2D eigenvalue weighted by Crippen LogP contribution is 2.20. The van der Waals surface area contributed by atoms with Crippen molar-refractivity contribution in [1.82, 2.24) is 14.9 Å². The number of anilines is 1. The molecule has 0 saturated carbocycles. The van der Waals surface area contributed by atoms with Gasteiger partial charge in [-0.25, -0.2) is 10.1 Å². The number of aromatic nitrogens is 3. The number of benzene rings is 1. The number of ketones is 1. The minimum atomic E-state index is -0.0674. The number of nitrogens with zero attached hydrogens (tertiary/aromatic N) is 4. The predicted octanol–water partition coefficient (Wildman–Crippen LogP) is 2.01. The Kier molecular flexibility index (Phi) is 5.54. The average molecular weight is 372 g/mol. The van der Waals surface area contributed by atoms with Crippen LogP contribution in [0.1, 0.15) is 16.1 Å². The van der Waals surface area contributed by atoms with Gasteiger partial charge in [0.1, 0.15) is 11.5 Å². The number of nitrogens with one attached hydrogen (secondary N) is 1. The Morgan fingerprint density at radius 2 is 2.31 bits per heavy atom. The molecule has 0 aliphatic carbocycles. The maximum absolute atomic E-state index is 12.3. The highest BCUT2D eigenvalue weighted by molar-refractivity contribution is 7.99. The molecule has 0 aliphatic heterocycles. The number of carbonyl (C=O) groups is 1. The molecule has 10 heteroatoms. The summed E-state index contributed by atoms with van der Waals surface area (Å²) in [5.41, 5.74) is 3.22. The molecule has 0 fully saturated rings. The van der Waals surface area contributed by atoms with Crippen LogP contribution < -0.4 is 16.0 Å². The first-order valence-corrected chi connectivity index (χ1v) is 8.49. The van der Waals surface area contributed by atoms with Gasteiger partial charge < -0.3 is 15.0 Å². The van der Waals surface area contributed by atoms with Crippen molar-refractivity contribution < 1.29 is 13.9 Å². The second-order valence-electron chi connectivity index (χ2n) is 5.01. The van der Waals surface area contributed by atoms with Gasteiger partial charge in [-0.2, -0.15) is 5.10 Å². The van der Waals surface area contributed by atoms with Crippen molar-refractivity contribution in [1.29, 1.82) is 0 Å². The third-order valence-electron chi connectivity index (χ3n) is 3.29. The molecule has 0 radical (unpaired) electrons. The largest absolute Gasteiger partial charge is 0.497 e.